The maximum atomic E-state index is 5.84. The van der Waals surface area contributed by atoms with Gasteiger partial charge in [0.15, 0.2) is 0 Å². The molecule has 1 fully saturated rings. The fourth-order valence-electron chi connectivity index (χ4n) is 1.94. The van der Waals surface area contributed by atoms with E-state index in [0.29, 0.717) is 0 Å². The highest BCUT2D eigenvalue weighted by Gasteiger charge is 2.25. The van der Waals surface area contributed by atoms with Crippen LogP contribution in [0.25, 0.3) is 10.9 Å². The summed E-state index contributed by atoms with van der Waals surface area (Å²) >= 11 is 0. The lowest BCUT2D eigenvalue weighted by molar-refractivity contribution is 1.14. The van der Waals surface area contributed by atoms with Crippen LogP contribution in [0.15, 0.2) is 24.4 Å². The molecule has 1 heterocycles. The molecule has 0 radical (unpaired) electrons. The number of nitrogen functional groups attached to an aromatic ring is 1. The molecule has 1 aliphatic carbocycles. The Kier molecular flexibility index (Phi) is 1.23. The van der Waals surface area contributed by atoms with E-state index >= 15 is 0 Å². The lowest BCUT2D eigenvalue weighted by Crippen LogP contribution is -1.88. The summed E-state index contributed by atoms with van der Waals surface area (Å²) in [6.45, 7) is 0. The molecule has 3 N–H and O–H groups in total. The monoisotopic (exact) mass is 172 g/mol. The zero-order chi connectivity index (χ0) is 8.84. The number of hydrogen-bond acceptors (Lipinski definition) is 1. The van der Waals surface area contributed by atoms with Gasteiger partial charge in [0.05, 0.1) is 0 Å². The lowest BCUT2D eigenvalue weighted by atomic mass is 10.1. The minimum Gasteiger partial charge on any atom is -0.399 e. The fourth-order valence-corrected chi connectivity index (χ4v) is 1.94. The number of rotatable bonds is 1. The van der Waals surface area contributed by atoms with Crippen LogP contribution in [0.4, 0.5) is 5.69 Å². The first kappa shape index (κ1) is 7.01. The van der Waals surface area contributed by atoms with Gasteiger partial charge in [-0.1, -0.05) is 0 Å². The van der Waals surface area contributed by atoms with Gasteiger partial charge in [0.1, 0.15) is 0 Å². The molecular formula is C11H12N2. The molecule has 0 saturated heterocycles. The van der Waals surface area contributed by atoms with Crippen LogP contribution in [0.1, 0.15) is 24.3 Å². The summed E-state index contributed by atoms with van der Waals surface area (Å²) in [4.78, 5) is 3.28. The normalized spacial score (nSPS) is 16.6. The first-order chi connectivity index (χ1) is 6.34. The minimum absolute atomic E-state index is 0.754. The van der Waals surface area contributed by atoms with E-state index in [1.807, 2.05) is 12.3 Å². The maximum absolute atomic E-state index is 5.84. The zero-order valence-electron chi connectivity index (χ0n) is 7.38. The second kappa shape index (κ2) is 2.28. The van der Waals surface area contributed by atoms with Crippen LogP contribution >= 0.6 is 0 Å². The Labute approximate surface area is 76.8 Å². The third kappa shape index (κ3) is 1.02. The van der Waals surface area contributed by atoms with Gasteiger partial charge in [0, 0.05) is 22.8 Å². The van der Waals surface area contributed by atoms with Gasteiger partial charge in [-0.15, -0.1) is 0 Å². The number of anilines is 1. The maximum Gasteiger partial charge on any atom is 0.0490 e. The van der Waals surface area contributed by atoms with Gasteiger partial charge in [-0.3, -0.25) is 0 Å². The highest BCUT2D eigenvalue weighted by atomic mass is 14.7. The number of hydrogen-bond donors (Lipinski definition) is 2. The van der Waals surface area contributed by atoms with E-state index < -0.39 is 0 Å². The Hall–Kier alpha value is -1.44. The fraction of sp³-hybridized carbons (Fsp3) is 0.273. The number of nitrogens with one attached hydrogen (secondary N) is 1. The molecule has 2 heteroatoms. The molecule has 2 nitrogen and oxygen atoms in total. The van der Waals surface area contributed by atoms with Crippen molar-refractivity contribution in [3.05, 3.63) is 30.0 Å². The van der Waals surface area contributed by atoms with Crippen LogP contribution in [0.3, 0.4) is 0 Å². The van der Waals surface area contributed by atoms with Crippen LogP contribution in [0.5, 0.6) is 0 Å². The molecule has 0 unspecified atom stereocenters. The van der Waals surface area contributed by atoms with Crippen molar-refractivity contribution in [3.63, 3.8) is 0 Å². The molecule has 1 aliphatic rings. The van der Waals surface area contributed by atoms with Crippen molar-refractivity contribution in [2.45, 2.75) is 18.8 Å². The van der Waals surface area contributed by atoms with Gasteiger partial charge < -0.3 is 10.7 Å². The van der Waals surface area contributed by atoms with Crippen LogP contribution in [0, 0.1) is 0 Å². The molecular weight excluding hydrogens is 160 g/mol. The average Bonchev–Trinajstić information content (AvgIpc) is 2.84. The summed E-state index contributed by atoms with van der Waals surface area (Å²) in [5, 5.41) is 1.24. The number of benzene rings is 1. The SMILES string of the molecule is Nc1cc(C2CC2)c2[nH]ccc2c1. The third-order valence-electron chi connectivity index (χ3n) is 2.73. The summed E-state index contributed by atoms with van der Waals surface area (Å²) in [5.74, 6) is 0.754. The van der Waals surface area contributed by atoms with Crippen LogP contribution < -0.4 is 5.73 Å². The number of nitrogens with two attached hydrogens (primary N) is 1. The summed E-state index contributed by atoms with van der Waals surface area (Å²) in [6, 6.07) is 6.21. The molecule has 0 atom stereocenters. The first-order valence-corrected chi connectivity index (χ1v) is 4.71. The van der Waals surface area contributed by atoms with E-state index in [-0.39, 0.29) is 0 Å². The molecule has 1 aromatic carbocycles. The van der Waals surface area contributed by atoms with Gasteiger partial charge in [0.2, 0.25) is 0 Å². The summed E-state index contributed by atoms with van der Waals surface area (Å²) in [5.41, 5.74) is 9.40. The summed E-state index contributed by atoms with van der Waals surface area (Å²) < 4.78 is 0. The van der Waals surface area contributed by atoms with Crippen molar-refractivity contribution in [2.75, 3.05) is 5.73 Å². The average molecular weight is 172 g/mol. The Morgan fingerprint density at radius 2 is 2.15 bits per heavy atom. The highest BCUT2D eigenvalue weighted by molar-refractivity contribution is 5.86. The smallest absolute Gasteiger partial charge is 0.0490 e. The number of H-pyrrole nitrogens is 1. The second-order valence-electron chi connectivity index (χ2n) is 3.83. The molecule has 1 aromatic heterocycles. The number of fused-ring (bicyclic) bond motifs is 1. The second-order valence-corrected chi connectivity index (χ2v) is 3.83. The summed E-state index contributed by atoms with van der Waals surface area (Å²) in [6.07, 6.45) is 4.62. The first-order valence-electron chi connectivity index (χ1n) is 4.71. The third-order valence-corrected chi connectivity index (χ3v) is 2.73. The van der Waals surface area contributed by atoms with Crippen molar-refractivity contribution in [1.82, 2.24) is 4.98 Å². The molecule has 0 amide bonds. The standard InChI is InChI=1S/C11H12N2/c12-9-5-8-3-4-13-11(8)10(6-9)7-1-2-7/h3-7,13H,1-2,12H2. The van der Waals surface area contributed by atoms with Crippen LogP contribution in [0.2, 0.25) is 0 Å². The zero-order valence-corrected chi connectivity index (χ0v) is 7.38. The van der Waals surface area contributed by atoms with E-state index in [4.69, 9.17) is 5.73 Å². The number of aromatic amines is 1. The van der Waals surface area contributed by atoms with Crippen molar-refractivity contribution in [1.29, 1.82) is 0 Å². The topological polar surface area (TPSA) is 41.8 Å². The van der Waals surface area contributed by atoms with Gasteiger partial charge in [0.25, 0.3) is 0 Å². The minimum atomic E-state index is 0.754. The van der Waals surface area contributed by atoms with Crippen molar-refractivity contribution < 1.29 is 0 Å². The van der Waals surface area contributed by atoms with Gasteiger partial charge in [-0.2, -0.15) is 0 Å². The predicted octanol–water partition coefficient (Wildman–Crippen LogP) is 2.63. The highest BCUT2D eigenvalue weighted by Crippen LogP contribution is 2.43. The van der Waals surface area contributed by atoms with Gasteiger partial charge in [-0.05, 0) is 42.5 Å². The predicted molar refractivity (Wildman–Crippen MR) is 54.7 cm³/mol. The van der Waals surface area contributed by atoms with Gasteiger partial charge in [-0.25, -0.2) is 0 Å². The molecule has 1 saturated carbocycles. The molecule has 0 spiro atoms. The largest absolute Gasteiger partial charge is 0.399 e. The molecule has 13 heavy (non-hydrogen) atoms. The van der Waals surface area contributed by atoms with E-state index in [0.717, 1.165) is 11.6 Å². The quantitative estimate of drug-likeness (QED) is 0.638. The Bertz CT molecular complexity index is 452. The number of aromatic nitrogens is 1. The molecule has 66 valence electrons. The molecule has 2 aromatic rings. The molecule has 0 aliphatic heterocycles. The van der Waals surface area contributed by atoms with E-state index in [1.54, 1.807) is 0 Å². The Morgan fingerprint density at radius 1 is 1.31 bits per heavy atom. The van der Waals surface area contributed by atoms with E-state index in [1.165, 1.54) is 29.3 Å². The van der Waals surface area contributed by atoms with Gasteiger partial charge >= 0.3 is 0 Å². The Morgan fingerprint density at radius 3 is 2.92 bits per heavy atom. The van der Waals surface area contributed by atoms with E-state index in [2.05, 4.69) is 17.1 Å². The van der Waals surface area contributed by atoms with Crippen LogP contribution in [-0.4, -0.2) is 4.98 Å². The van der Waals surface area contributed by atoms with Crippen molar-refractivity contribution in [3.8, 4) is 0 Å². The molecule has 0 bridgehead atoms. The van der Waals surface area contributed by atoms with Crippen molar-refractivity contribution >= 4 is 16.6 Å². The lowest BCUT2D eigenvalue weighted by Gasteiger charge is -2.02. The molecule has 3 rings (SSSR count). The summed E-state index contributed by atoms with van der Waals surface area (Å²) in [7, 11) is 0. The van der Waals surface area contributed by atoms with Crippen molar-refractivity contribution in [2.24, 2.45) is 0 Å². The van der Waals surface area contributed by atoms with E-state index in [9.17, 15) is 0 Å². The van der Waals surface area contributed by atoms with Crippen LogP contribution in [-0.2, 0) is 0 Å². The Balaban J connectivity index is 2.33.